The molecule has 10 heavy (non-hydrogen) atoms. The van der Waals surface area contributed by atoms with E-state index >= 15 is 0 Å². The Labute approximate surface area is 62.9 Å². The van der Waals surface area contributed by atoms with E-state index in [1.54, 1.807) is 0 Å². The number of hydrogen-bond acceptors (Lipinski definition) is 1. The van der Waals surface area contributed by atoms with Crippen LogP contribution in [-0.4, -0.2) is 6.21 Å². The van der Waals surface area contributed by atoms with Gasteiger partial charge in [-0.15, -0.1) is 0 Å². The van der Waals surface area contributed by atoms with E-state index in [-0.39, 0.29) is 5.41 Å². The van der Waals surface area contributed by atoms with Gasteiger partial charge in [0.2, 0.25) is 0 Å². The molecule has 1 atom stereocenters. The average molecular weight is 137 g/mol. The molecule has 0 aromatic rings. The number of nitrogens with zero attached hydrogens (tertiary/aromatic N) is 1. The van der Waals surface area contributed by atoms with E-state index in [2.05, 4.69) is 38.8 Å². The van der Waals surface area contributed by atoms with Crippen molar-refractivity contribution in [2.75, 3.05) is 0 Å². The summed E-state index contributed by atoms with van der Waals surface area (Å²) in [6.45, 7) is 8.72. The lowest BCUT2D eigenvalue weighted by molar-refractivity contribution is 0.499. The Morgan fingerprint density at radius 2 is 2.00 bits per heavy atom. The van der Waals surface area contributed by atoms with Crippen molar-refractivity contribution in [3.63, 3.8) is 0 Å². The first-order valence-corrected chi connectivity index (χ1v) is 3.76. The van der Waals surface area contributed by atoms with Crippen LogP contribution in [0.1, 0.15) is 27.7 Å². The summed E-state index contributed by atoms with van der Waals surface area (Å²) < 4.78 is 0. The fraction of sp³-hybridized carbons (Fsp3) is 0.667. The smallest absolute Gasteiger partial charge is 0.0419 e. The van der Waals surface area contributed by atoms with Gasteiger partial charge in [0.1, 0.15) is 0 Å². The van der Waals surface area contributed by atoms with Crippen LogP contribution in [0.15, 0.2) is 16.8 Å². The van der Waals surface area contributed by atoms with Crippen molar-refractivity contribution in [2.45, 2.75) is 27.7 Å². The Kier molecular flexibility index (Phi) is 1.67. The quantitative estimate of drug-likeness (QED) is 0.486. The molecular formula is C9H15N. The van der Waals surface area contributed by atoms with Crippen molar-refractivity contribution in [1.82, 2.24) is 0 Å². The summed E-state index contributed by atoms with van der Waals surface area (Å²) in [5, 5.41) is 0. The molecule has 0 bridgehead atoms. The lowest BCUT2D eigenvalue weighted by atomic mass is 9.92. The van der Waals surface area contributed by atoms with Crippen LogP contribution < -0.4 is 0 Å². The second kappa shape index (κ2) is 2.22. The van der Waals surface area contributed by atoms with Gasteiger partial charge in [0.25, 0.3) is 0 Å². The Morgan fingerprint density at radius 1 is 1.40 bits per heavy atom. The second-order valence-electron chi connectivity index (χ2n) is 3.94. The topological polar surface area (TPSA) is 12.4 Å². The Hall–Kier alpha value is -0.590. The lowest BCUT2D eigenvalue weighted by Crippen LogP contribution is -2.05. The van der Waals surface area contributed by atoms with E-state index in [9.17, 15) is 0 Å². The van der Waals surface area contributed by atoms with E-state index in [0.717, 1.165) is 0 Å². The van der Waals surface area contributed by atoms with Crippen LogP contribution in [-0.2, 0) is 0 Å². The molecule has 0 aliphatic carbocycles. The molecule has 0 N–H and O–H groups in total. The van der Waals surface area contributed by atoms with Gasteiger partial charge in [0, 0.05) is 23.2 Å². The zero-order valence-electron chi connectivity index (χ0n) is 7.18. The van der Waals surface area contributed by atoms with E-state index in [4.69, 9.17) is 0 Å². The highest BCUT2D eigenvalue weighted by Crippen LogP contribution is 2.29. The van der Waals surface area contributed by atoms with Crippen molar-refractivity contribution < 1.29 is 0 Å². The minimum absolute atomic E-state index is 0.223. The molecule has 1 nitrogen and oxygen atoms in total. The molecule has 0 aromatic heterocycles. The molecule has 1 heteroatoms. The van der Waals surface area contributed by atoms with Crippen LogP contribution in [0.25, 0.3) is 0 Å². The molecule has 0 aromatic carbocycles. The van der Waals surface area contributed by atoms with Gasteiger partial charge in [0.15, 0.2) is 0 Å². The van der Waals surface area contributed by atoms with Crippen molar-refractivity contribution in [3.8, 4) is 0 Å². The van der Waals surface area contributed by atoms with Crippen LogP contribution in [0.5, 0.6) is 0 Å². The highest BCUT2D eigenvalue weighted by atomic mass is 14.8. The third-order valence-electron chi connectivity index (χ3n) is 1.64. The van der Waals surface area contributed by atoms with Gasteiger partial charge in [-0.3, -0.25) is 4.99 Å². The van der Waals surface area contributed by atoms with E-state index in [1.165, 1.54) is 5.70 Å². The summed E-state index contributed by atoms with van der Waals surface area (Å²) in [7, 11) is 0. The van der Waals surface area contributed by atoms with Gasteiger partial charge < -0.3 is 0 Å². The maximum Gasteiger partial charge on any atom is 0.0419 e. The predicted octanol–water partition coefficient (Wildman–Crippen LogP) is 2.64. The molecule has 1 aliphatic rings. The summed E-state index contributed by atoms with van der Waals surface area (Å²) in [5.41, 5.74) is 1.45. The van der Waals surface area contributed by atoms with E-state index < -0.39 is 0 Å². The Morgan fingerprint density at radius 3 is 2.20 bits per heavy atom. The summed E-state index contributed by atoms with van der Waals surface area (Å²) in [6.07, 6.45) is 4.22. The van der Waals surface area contributed by atoms with Gasteiger partial charge in [-0.1, -0.05) is 33.8 Å². The van der Waals surface area contributed by atoms with Crippen LogP contribution in [0.3, 0.4) is 0 Å². The van der Waals surface area contributed by atoms with Gasteiger partial charge in [-0.05, 0) is 0 Å². The first-order valence-electron chi connectivity index (χ1n) is 3.76. The van der Waals surface area contributed by atoms with Crippen LogP contribution in [0.4, 0.5) is 0 Å². The second-order valence-corrected chi connectivity index (χ2v) is 3.94. The minimum atomic E-state index is 0.223. The van der Waals surface area contributed by atoms with Gasteiger partial charge in [0.05, 0.1) is 0 Å². The third-order valence-corrected chi connectivity index (χ3v) is 1.64. The monoisotopic (exact) mass is 137 g/mol. The highest BCUT2D eigenvalue weighted by Gasteiger charge is 2.19. The van der Waals surface area contributed by atoms with Crippen LogP contribution in [0.2, 0.25) is 0 Å². The average Bonchev–Trinajstić information content (AvgIpc) is 2.11. The Balaban J connectivity index is 2.78. The summed E-state index contributed by atoms with van der Waals surface area (Å²) in [5.74, 6) is 0.536. The largest absolute Gasteiger partial charge is 0.265 e. The highest BCUT2D eigenvalue weighted by molar-refractivity contribution is 5.68. The standard InChI is InChI=1S/C9H15N/c1-7-5-8(10-6-7)9(2,3)4/h5-7H,1-4H3. The maximum atomic E-state index is 4.32. The first-order chi connectivity index (χ1) is 4.50. The molecule has 0 saturated heterocycles. The molecule has 0 radical (unpaired) electrons. The first kappa shape index (κ1) is 7.52. The van der Waals surface area contributed by atoms with Gasteiger partial charge >= 0.3 is 0 Å². The lowest BCUT2D eigenvalue weighted by Gasteiger charge is -2.16. The molecule has 0 amide bonds. The van der Waals surface area contributed by atoms with Crippen molar-refractivity contribution in [3.05, 3.63) is 11.8 Å². The molecule has 1 unspecified atom stereocenters. The number of hydrogen-bond donors (Lipinski definition) is 0. The molecule has 56 valence electrons. The molecule has 0 saturated carbocycles. The van der Waals surface area contributed by atoms with Crippen molar-refractivity contribution in [2.24, 2.45) is 16.3 Å². The molecule has 1 aliphatic heterocycles. The van der Waals surface area contributed by atoms with Crippen LogP contribution >= 0.6 is 0 Å². The molecule has 0 fully saturated rings. The third kappa shape index (κ3) is 1.47. The molecule has 0 spiro atoms. The van der Waals surface area contributed by atoms with E-state index in [1.807, 2.05) is 6.21 Å². The SMILES string of the molecule is CC1C=NC(C(C)(C)C)=C1. The van der Waals surface area contributed by atoms with Crippen molar-refractivity contribution in [1.29, 1.82) is 0 Å². The number of aliphatic imine (C=N–C) groups is 1. The fourth-order valence-electron chi connectivity index (χ4n) is 0.977. The van der Waals surface area contributed by atoms with Gasteiger partial charge in [-0.2, -0.15) is 0 Å². The van der Waals surface area contributed by atoms with Crippen LogP contribution in [0, 0.1) is 11.3 Å². The maximum absolute atomic E-state index is 4.32. The zero-order valence-corrected chi connectivity index (χ0v) is 7.18. The number of rotatable bonds is 0. The molecular weight excluding hydrogens is 122 g/mol. The van der Waals surface area contributed by atoms with Gasteiger partial charge in [-0.25, -0.2) is 0 Å². The summed E-state index contributed by atoms with van der Waals surface area (Å²) >= 11 is 0. The Bertz CT molecular complexity index is 181. The fourth-order valence-corrected chi connectivity index (χ4v) is 0.977. The summed E-state index contributed by atoms with van der Waals surface area (Å²) in [6, 6.07) is 0. The van der Waals surface area contributed by atoms with E-state index in [0.29, 0.717) is 5.92 Å². The zero-order chi connectivity index (χ0) is 7.78. The van der Waals surface area contributed by atoms with Crippen molar-refractivity contribution >= 4 is 6.21 Å². The minimum Gasteiger partial charge on any atom is -0.265 e. The predicted molar refractivity (Wildman–Crippen MR) is 45.2 cm³/mol. The summed E-state index contributed by atoms with van der Waals surface area (Å²) in [4.78, 5) is 4.32. The molecule has 1 rings (SSSR count). The number of allylic oxidation sites excluding steroid dienone is 2. The normalized spacial score (nSPS) is 25.2. The molecule has 1 heterocycles.